The molecular formula is C18H18O3S. The molecule has 1 aromatic carbocycles. The number of carbonyl (C=O) groups excluding carboxylic acids is 1. The number of ether oxygens (including phenoxy) is 2. The molecule has 3 nitrogen and oxygen atoms in total. The molecule has 0 amide bonds. The van der Waals surface area contributed by atoms with Crippen molar-refractivity contribution in [3.63, 3.8) is 0 Å². The van der Waals surface area contributed by atoms with Gasteiger partial charge in [-0.25, -0.2) is 4.79 Å². The Morgan fingerprint density at radius 2 is 2.14 bits per heavy atom. The Kier molecular flexibility index (Phi) is 3.72. The lowest BCUT2D eigenvalue weighted by molar-refractivity contribution is 0.0165. The van der Waals surface area contributed by atoms with E-state index in [2.05, 4.69) is 24.3 Å². The summed E-state index contributed by atoms with van der Waals surface area (Å²) in [4.78, 5) is 14.2. The first-order valence-corrected chi connectivity index (χ1v) is 8.62. The monoisotopic (exact) mass is 314 g/mol. The number of fused-ring (bicyclic) bond motifs is 3. The third-order valence-corrected chi connectivity index (χ3v) is 5.55. The van der Waals surface area contributed by atoms with E-state index in [1.54, 1.807) is 11.3 Å². The summed E-state index contributed by atoms with van der Waals surface area (Å²) < 4.78 is 10.9. The molecule has 0 radical (unpaired) electrons. The van der Waals surface area contributed by atoms with Gasteiger partial charge in [0.1, 0.15) is 11.5 Å². The van der Waals surface area contributed by atoms with E-state index in [0.717, 1.165) is 32.3 Å². The SMILES string of the molecule is O=C(OCC1CCCO1)c1cc2c(s1)-c1ccccc1CC2. The van der Waals surface area contributed by atoms with Crippen molar-refractivity contribution >= 4 is 17.3 Å². The van der Waals surface area contributed by atoms with Crippen molar-refractivity contribution in [3.05, 3.63) is 46.3 Å². The summed E-state index contributed by atoms with van der Waals surface area (Å²) in [6.07, 6.45) is 4.18. The number of esters is 1. The molecule has 0 spiro atoms. The smallest absolute Gasteiger partial charge is 0.348 e. The summed E-state index contributed by atoms with van der Waals surface area (Å²) in [7, 11) is 0. The van der Waals surface area contributed by atoms with Gasteiger partial charge < -0.3 is 9.47 Å². The quantitative estimate of drug-likeness (QED) is 0.807. The van der Waals surface area contributed by atoms with Crippen LogP contribution in [0, 0.1) is 0 Å². The van der Waals surface area contributed by atoms with Crippen molar-refractivity contribution in [1.29, 1.82) is 0 Å². The number of rotatable bonds is 3. The molecule has 2 aliphatic rings. The summed E-state index contributed by atoms with van der Waals surface area (Å²) in [6, 6.07) is 10.5. The van der Waals surface area contributed by atoms with Crippen molar-refractivity contribution in [2.24, 2.45) is 0 Å². The summed E-state index contributed by atoms with van der Waals surface area (Å²) in [5, 5.41) is 0. The van der Waals surface area contributed by atoms with Crippen LogP contribution in [0.3, 0.4) is 0 Å². The molecule has 1 aromatic heterocycles. The van der Waals surface area contributed by atoms with E-state index < -0.39 is 0 Å². The molecule has 1 saturated heterocycles. The lowest BCUT2D eigenvalue weighted by atomic mass is 9.91. The summed E-state index contributed by atoms with van der Waals surface area (Å²) in [5.74, 6) is -0.215. The zero-order valence-corrected chi connectivity index (χ0v) is 13.2. The van der Waals surface area contributed by atoms with Crippen molar-refractivity contribution in [1.82, 2.24) is 0 Å². The summed E-state index contributed by atoms with van der Waals surface area (Å²) >= 11 is 1.55. The first kappa shape index (κ1) is 14.0. The average molecular weight is 314 g/mol. The van der Waals surface area contributed by atoms with Gasteiger partial charge in [0.25, 0.3) is 0 Å². The van der Waals surface area contributed by atoms with E-state index >= 15 is 0 Å². The van der Waals surface area contributed by atoms with Crippen LogP contribution in [-0.4, -0.2) is 25.3 Å². The topological polar surface area (TPSA) is 35.5 Å². The van der Waals surface area contributed by atoms with Crippen molar-refractivity contribution in [3.8, 4) is 10.4 Å². The molecule has 114 valence electrons. The predicted molar refractivity (Wildman–Crippen MR) is 86.4 cm³/mol. The maximum atomic E-state index is 12.3. The van der Waals surface area contributed by atoms with Crippen molar-refractivity contribution in [2.45, 2.75) is 31.8 Å². The summed E-state index contributed by atoms with van der Waals surface area (Å²) in [5.41, 5.74) is 3.91. The van der Waals surface area contributed by atoms with E-state index in [0.29, 0.717) is 11.5 Å². The highest BCUT2D eigenvalue weighted by molar-refractivity contribution is 7.17. The molecule has 0 N–H and O–H groups in total. The number of hydrogen-bond donors (Lipinski definition) is 0. The van der Waals surface area contributed by atoms with Crippen LogP contribution in [0.1, 0.15) is 33.6 Å². The Morgan fingerprint density at radius 3 is 3.00 bits per heavy atom. The Labute approximate surface area is 133 Å². The van der Waals surface area contributed by atoms with Crippen molar-refractivity contribution in [2.75, 3.05) is 13.2 Å². The molecule has 1 fully saturated rings. The molecule has 1 aliphatic heterocycles. The van der Waals surface area contributed by atoms with Gasteiger partial charge in [0, 0.05) is 11.5 Å². The zero-order valence-electron chi connectivity index (χ0n) is 12.3. The van der Waals surface area contributed by atoms with E-state index in [1.165, 1.54) is 21.6 Å². The third-order valence-electron chi connectivity index (χ3n) is 4.36. The Morgan fingerprint density at radius 1 is 1.27 bits per heavy atom. The Balaban J connectivity index is 1.52. The van der Waals surface area contributed by atoms with Crippen molar-refractivity contribution < 1.29 is 14.3 Å². The molecular weight excluding hydrogens is 296 g/mol. The van der Waals surface area contributed by atoms with Gasteiger partial charge in [-0.1, -0.05) is 24.3 Å². The standard InChI is InChI=1S/C18H18O3S/c19-18(21-11-14-5-3-9-20-14)16-10-13-8-7-12-4-1-2-6-15(12)17(13)22-16/h1-2,4,6,10,14H,3,5,7-9,11H2. The third kappa shape index (κ3) is 2.57. The number of hydrogen-bond acceptors (Lipinski definition) is 4. The lowest BCUT2D eigenvalue weighted by Gasteiger charge is -2.15. The van der Waals surface area contributed by atoms with Gasteiger partial charge in [-0.3, -0.25) is 0 Å². The number of benzene rings is 1. The normalized spacial score (nSPS) is 19.5. The van der Waals surface area contributed by atoms with Crippen LogP contribution in [0.5, 0.6) is 0 Å². The molecule has 0 bridgehead atoms. The van der Waals surface area contributed by atoms with Gasteiger partial charge in [-0.2, -0.15) is 0 Å². The second-order valence-electron chi connectivity index (χ2n) is 5.86. The molecule has 22 heavy (non-hydrogen) atoms. The first-order valence-electron chi connectivity index (χ1n) is 7.81. The number of aryl methyl sites for hydroxylation is 2. The predicted octanol–water partition coefficient (Wildman–Crippen LogP) is 3.85. The largest absolute Gasteiger partial charge is 0.459 e. The van der Waals surface area contributed by atoms with Crippen LogP contribution >= 0.6 is 11.3 Å². The van der Waals surface area contributed by atoms with Gasteiger partial charge >= 0.3 is 5.97 Å². The highest BCUT2D eigenvalue weighted by Crippen LogP contribution is 2.39. The second-order valence-corrected chi connectivity index (χ2v) is 6.91. The van der Waals surface area contributed by atoms with Gasteiger partial charge in [0.15, 0.2) is 0 Å². The van der Waals surface area contributed by atoms with E-state index in [4.69, 9.17) is 9.47 Å². The Hall–Kier alpha value is -1.65. The number of thiophene rings is 1. The van der Waals surface area contributed by atoms with Crippen LogP contribution in [-0.2, 0) is 22.3 Å². The van der Waals surface area contributed by atoms with Crippen LogP contribution in [0.2, 0.25) is 0 Å². The highest BCUT2D eigenvalue weighted by atomic mass is 32.1. The molecule has 2 heterocycles. The minimum Gasteiger partial charge on any atom is -0.459 e. The Bertz CT molecular complexity index is 698. The van der Waals surface area contributed by atoms with E-state index in [-0.39, 0.29) is 12.1 Å². The van der Waals surface area contributed by atoms with Gasteiger partial charge in [0.2, 0.25) is 0 Å². The van der Waals surface area contributed by atoms with Crippen LogP contribution in [0.25, 0.3) is 10.4 Å². The molecule has 4 heteroatoms. The van der Waals surface area contributed by atoms with Gasteiger partial charge in [0.05, 0.1) is 6.10 Å². The maximum Gasteiger partial charge on any atom is 0.348 e. The zero-order chi connectivity index (χ0) is 14.9. The van der Waals surface area contributed by atoms with Crippen LogP contribution in [0.4, 0.5) is 0 Å². The number of carbonyl (C=O) groups is 1. The van der Waals surface area contributed by atoms with Gasteiger partial charge in [-0.15, -0.1) is 11.3 Å². The van der Waals surface area contributed by atoms with E-state index in [9.17, 15) is 4.79 Å². The molecule has 2 aromatic rings. The maximum absolute atomic E-state index is 12.3. The van der Waals surface area contributed by atoms with Crippen LogP contribution < -0.4 is 0 Å². The fourth-order valence-electron chi connectivity index (χ4n) is 3.19. The summed E-state index contributed by atoms with van der Waals surface area (Å²) in [6.45, 7) is 1.16. The average Bonchev–Trinajstić information content (AvgIpc) is 3.21. The molecule has 1 aliphatic carbocycles. The second kappa shape index (κ2) is 5.86. The highest BCUT2D eigenvalue weighted by Gasteiger charge is 2.23. The minimum absolute atomic E-state index is 0.0827. The lowest BCUT2D eigenvalue weighted by Crippen LogP contribution is -2.17. The molecule has 4 rings (SSSR count). The molecule has 0 saturated carbocycles. The molecule has 1 unspecified atom stereocenters. The fraction of sp³-hybridized carbons (Fsp3) is 0.389. The fourth-order valence-corrected chi connectivity index (χ4v) is 4.35. The van der Waals surface area contributed by atoms with Crippen LogP contribution in [0.15, 0.2) is 30.3 Å². The molecule has 1 atom stereocenters. The van der Waals surface area contributed by atoms with Gasteiger partial charge in [-0.05, 0) is 48.4 Å². The first-order chi connectivity index (χ1) is 10.8. The minimum atomic E-state index is -0.215. The van der Waals surface area contributed by atoms with E-state index in [1.807, 2.05) is 6.07 Å².